The molecule has 0 bridgehead atoms. The number of carbonyl (C=O) groups excluding carboxylic acids is 1. The molecule has 0 atom stereocenters. The van der Waals surface area contributed by atoms with E-state index >= 15 is 0 Å². The molecule has 6 rings (SSSR count). The van der Waals surface area contributed by atoms with Crippen LogP contribution in [0.15, 0.2) is 71.3 Å². The Kier molecular flexibility index (Phi) is 6.35. The zero-order valence-corrected chi connectivity index (χ0v) is 21.7. The molecule has 0 amide bonds. The number of pyridine rings is 1. The van der Waals surface area contributed by atoms with Crippen molar-refractivity contribution in [3.05, 3.63) is 78.0 Å². The lowest BCUT2D eigenvalue weighted by Gasteiger charge is -2.25. The van der Waals surface area contributed by atoms with Gasteiger partial charge in [0.15, 0.2) is 5.76 Å². The van der Waals surface area contributed by atoms with E-state index in [0.29, 0.717) is 29.8 Å². The van der Waals surface area contributed by atoms with Crippen LogP contribution in [0, 0.1) is 6.92 Å². The number of benzene rings is 2. The number of nitrogens with zero attached hydrogens (tertiary/aromatic N) is 2. The SMILES string of the molecule is CCOC(=O)C1(c2ccc(-c3ccccc3)c(-c3onc(C)c3Nc3cccc(OC4CCC4)n3)c2)CC1. The first-order chi connectivity index (χ1) is 18.6. The van der Waals surface area contributed by atoms with Gasteiger partial charge in [-0.2, -0.15) is 4.98 Å². The molecule has 0 aliphatic heterocycles. The van der Waals surface area contributed by atoms with E-state index in [1.165, 1.54) is 6.42 Å². The first-order valence-corrected chi connectivity index (χ1v) is 13.3. The molecule has 2 fully saturated rings. The van der Waals surface area contributed by atoms with Crippen LogP contribution >= 0.6 is 0 Å². The third-order valence-electron chi connectivity index (χ3n) is 7.50. The van der Waals surface area contributed by atoms with E-state index in [0.717, 1.165) is 53.6 Å². The van der Waals surface area contributed by atoms with Crippen LogP contribution in [0.5, 0.6) is 5.88 Å². The fraction of sp³-hybridized carbons (Fsp3) is 0.323. The highest BCUT2D eigenvalue weighted by Crippen LogP contribution is 2.51. The number of carbonyl (C=O) groups is 1. The molecule has 0 spiro atoms. The Balaban J connectivity index is 1.41. The maximum absolute atomic E-state index is 12.9. The zero-order valence-electron chi connectivity index (χ0n) is 21.7. The van der Waals surface area contributed by atoms with Crippen LogP contribution in [-0.2, 0) is 14.9 Å². The third-order valence-corrected chi connectivity index (χ3v) is 7.50. The molecule has 0 saturated heterocycles. The van der Waals surface area contributed by atoms with E-state index in [2.05, 4.69) is 39.7 Å². The highest BCUT2D eigenvalue weighted by Gasteiger charge is 2.53. The van der Waals surface area contributed by atoms with E-state index in [1.54, 1.807) is 0 Å². The molecule has 7 heteroatoms. The summed E-state index contributed by atoms with van der Waals surface area (Å²) >= 11 is 0. The smallest absolute Gasteiger partial charge is 0.316 e. The van der Waals surface area contributed by atoms with Crippen molar-refractivity contribution in [2.45, 2.75) is 57.5 Å². The molecule has 2 aromatic carbocycles. The second-order valence-electron chi connectivity index (χ2n) is 10.1. The summed E-state index contributed by atoms with van der Waals surface area (Å²) in [6.45, 7) is 4.10. The Morgan fingerprint density at radius 1 is 1.05 bits per heavy atom. The standard InChI is InChI=1S/C31H31N3O4/c1-3-36-30(35)31(17-18-31)22-15-16-24(21-9-5-4-6-10-21)25(19-22)29-28(20(2)34-38-29)33-26-13-8-14-27(32-26)37-23-11-7-12-23/h4-6,8-10,13-16,19,23H,3,7,11-12,17-18H2,1-2H3,(H,32,33). The molecular weight excluding hydrogens is 478 g/mol. The minimum absolute atomic E-state index is 0.169. The molecule has 38 heavy (non-hydrogen) atoms. The van der Waals surface area contributed by atoms with Gasteiger partial charge in [-0.25, -0.2) is 0 Å². The van der Waals surface area contributed by atoms with Gasteiger partial charge >= 0.3 is 5.97 Å². The molecular formula is C31H31N3O4. The summed E-state index contributed by atoms with van der Waals surface area (Å²) in [4.78, 5) is 17.6. The summed E-state index contributed by atoms with van der Waals surface area (Å²) < 4.78 is 17.4. The predicted molar refractivity (Wildman–Crippen MR) is 145 cm³/mol. The molecule has 2 saturated carbocycles. The summed E-state index contributed by atoms with van der Waals surface area (Å²) in [5.74, 6) is 1.68. The van der Waals surface area contributed by atoms with Gasteiger partial charge in [-0.3, -0.25) is 4.79 Å². The number of nitrogens with one attached hydrogen (secondary N) is 1. The fourth-order valence-electron chi connectivity index (χ4n) is 4.94. The Morgan fingerprint density at radius 3 is 2.58 bits per heavy atom. The van der Waals surface area contributed by atoms with Gasteiger partial charge < -0.3 is 19.3 Å². The fourth-order valence-corrected chi connectivity index (χ4v) is 4.94. The largest absolute Gasteiger partial charge is 0.474 e. The molecule has 7 nitrogen and oxygen atoms in total. The Labute approximate surface area is 222 Å². The highest BCUT2D eigenvalue weighted by molar-refractivity contribution is 5.91. The second kappa shape index (κ2) is 9.97. The highest BCUT2D eigenvalue weighted by atomic mass is 16.5. The van der Waals surface area contributed by atoms with Gasteiger partial charge in [-0.15, -0.1) is 0 Å². The molecule has 2 aliphatic rings. The van der Waals surface area contributed by atoms with E-state index in [4.69, 9.17) is 14.0 Å². The summed E-state index contributed by atoms with van der Waals surface area (Å²) in [7, 11) is 0. The van der Waals surface area contributed by atoms with E-state index in [1.807, 2.05) is 56.3 Å². The maximum Gasteiger partial charge on any atom is 0.316 e. The van der Waals surface area contributed by atoms with Gasteiger partial charge in [0.25, 0.3) is 0 Å². The molecule has 0 radical (unpaired) electrons. The number of hydrogen-bond acceptors (Lipinski definition) is 7. The number of aryl methyl sites for hydroxylation is 1. The van der Waals surface area contributed by atoms with Crippen LogP contribution in [-0.4, -0.2) is 28.8 Å². The Morgan fingerprint density at radius 2 is 1.87 bits per heavy atom. The summed E-state index contributed by atoms with van der Waals surface area (Å²) in [5, 5.41) is 7.73. The van der Waals surface area contributed by atoms with Gasteiger partial charge in [0, 0.05) is 11.6 Å². The number of rotatable bonds is 9. The first-order valence-electron chi connectivity index (χ1n) is 13.3. The van der Waals surface area contributed by atoms with Gasteiger partial charge in [-0.1, -0.05) is 53.7 Å². The number of aromatic nitrogens is 2. The van der Waals surface area contributed by atoms with Crippen molar-refractivity contribution in [3.8, 4) is 28.3 Å². The Bertz CT molecular complexity index is 1460. The van der Waals surface area contributed by atoms with Crippen molar-refractivity contribution in [1.29, 1.82) is 0 Å². The van der Waals surface area contributed by atoms with Crippen LogP contribution < -0.4 is 10.1 Å². The van der Waals surface area contributed by atoms with Gasteiger partial charge in [0.2, 0.25) is 5.88 Å². The molecule has 2 aliphatic carbocycles. The quantitative estimate of drug-likeness (QED) is 0.244. The predicted octanol–water partition coefficient (Wildman–Crippen LogP) is 6.98. The van der Waals surface area contributed by atoms with Crippen LogP contribution in [0.1, 0.15) is 50.3 Å². The molecule has 4 aromatic rings. The molecule has 194 valence electrons. The lowest BCUT2D eigenvalue weighted by atomic mass is 9.89. The topological polar surface area (TPSA) is 86.5 Å². The van der Waals surface area contributed by atoms with Crippen LogP contribution in [0.25, 0.3) is 22.5 Å². The Hall–Kier alpha value is -4.13. The molecule has 2 heterocycles. The summed E-state index contributed by atoms with van der Waals surface area (Å²) in [5.41, 5.74) is 4.66. The van der Waals surface area contributed by atoms with Crippen molar-refractivity contribution in [1.82, 2.24) is 10.1 Å². The summed E-state index contributed by atoms with van der Waals surface area (Å²) in [6.07, 6.45) is 5.13. The summed E-state index contributed by atoms with van der Waals surface area (Å²) in [6, 6.07) is 22.0. The minimum atomic E-state index is -0.600. The van der Waals surface area contributed by atoms with Crippen molar-refractivity contribution in [2.75, 3.05) is 11.9 Å². The number of anilines is 2. The van der Waals surface area contributed by atoms with Crippen molar-refractivity contribution >= 4 is 17.5 Å². The lowest BCUT2D eigenvalue weighted by molar-refractivity contribution is -0.146. The average molecular weight is 510 g/mol. The minimum Gasteiger partial charge on any atom is -0.474 e. The third kappa shape index (κ3) is 4.53. The van der Waals surface area contributed by atoms with Gasteiger partial charge in [0.05, 0.1) is 12.0 Å². The number of esters is 1. The van der Waals surface area contributed by atoms with Gasteiger partial charge in [0.1, 0.15) is 23.3 Å². The van der Waals surface area contributed by atoms with E-state index < -0.39 is 5.41 Å². The van der Waals surface area contributed by atoms with Crippen LogP contribution in [0.3, 0.4) is 0 Å². The number of hydrogen-bond donors (Lipinski definition) is 1. The normalized spacial score (nSPS) is 15.9. The average Bonchev–Trinajstić information content (AvgIpc) is 3.66. The first kappa shape index (κ1) is 24.2. The second-order valence-corrected chi connectivity index (χ2v) is 10.1. The maximum atomic E-state index is 12.9. The molecule has 2 aromatic heterocycles. The lowest BCUT2D eigenvalue weighted by Crippen LogP contribution is -2.24. The molecule has 1 N–H and O–H groups in total. The molecule has 0 unspecified atom stereocenters. The van der Waals surface area contributed by atoms with Gasteiger partial charge in [-0.05, 0) is 74.8 Å². The van der Waals surface area contributed by atoms with E-state index in [-0.39, 0.29) is 12.1 Å². The van der Waals surface area contributed by atoms with Crippen LogP contribution in [0.2, 0.25) is 0 Å². The van der Waals surface area contributed by atoms with Crippen molar-refractivity contribution in [3.63, 3.8) is 0 Å². The van der Waals surface area contributed by atoms with Crippen molar-refractivity contribution in [2.24, 2.45) is 0 Å². The van der Waals surface area contributed by atoms with Crippen LogP contribution in [0.4, 0.5) is 11.5 Å². The zero-order chi connectivity index (χ0) is 26.1. The monoisotopic (exact) mass is 509 g/mol. The van der Waals surface area contributed by atoms with Crippen molar-refractivity contribution < 1.29 is 18.8 Å². The van der Waals surface area contributed by atoms with E-state index in [9.17, 15) is 4.79 Å². The number of ether oxygens (including phenoxy) is 2.